The molecule has 0 bridgehead atoms. The summed E-state index contributed by atoms with van der Waals surface area (Å²) in [4.78, 5) is 39.2. The Morgan fingerprint density at radius 2 is 1.59 bits per heavy atom. The molecule has 1 saturated heterocycles. The largest absolute Gasteiger partial charge is 0.484 e. The van der Waals surface area contributed by atoms with Crippen LogP contribution in [0.5, 0.6) is 17.2 Å². The molecular weight excluding hydrogens is 496 g/mol. The number of imide groups is 1. The number of hydrogen-bond acceptors (Lipinski definition) is 6. The Labute approximate surface area is 227 Å². The quantitative estimate of drug-likeness (QED) is 0.384. The Balaban J connectivity index is 1.14. The van der Waals surface area contributed by atoms with Gasteiger partial charge in [-0.25, -0.2) is 0 Å². The Kier molecular flexibility index (Phi) is 7.39. The highest BCUT2D eigenvalue weighted by Crippen LogP contribution is 2.31. The van der Waals surface area contributed by atoms with Gasteiger partial charge in [0.25, 0.3) is 17.7 Å². The smallest absolute Gasteiger partial charge is 0.262 e. The van der Waals surface area contributed by atoms with E-state index in [0.717, 1.165) is 12.8 Å². The molecule has 3 aromatic carbocycles. The molecule has 2 aliphatic heterocycles. The standard InChI is InChI=1S/C31H32N2O6/c1-31(2,3)20-6-10-22(11-7-20)38-19-28(34)32-21-8-12-23(13-9-21)39-24-14-15-26-27(17-24)30(36)33(29(26)35)18-25-5-4-16-37-25/h6-15,17,25H,4-5,16,18-19H2,1-3H3,(H,32,34). The highest BCUT2D eigenvalue weighted by Gasteiger charge is 2.37. The summed E-state index contributed by atoms with van der Waals surface area (Å²) >= 11 is 0. The Bertz CT molecular complexity index is 1370. The van der Waals surface area contributed by atoms with Gasteiger partial charge < -0.3 is 19.5 Å². The molecule has 0 aromatic heterocycles. The summed E-state index contributed by atoms with van der Waals surface area (Å²) in [5, 5.41) is 2.80. The molecule has 5 rings (SSSR count). The summed E-state index contributed by atoms with van der Waals surface area (Å²) in [6.07, 6.45) is 1.68. The van der Waals surface area contributed by atoms with E-state index in [1.54, 1.807) is 42.5 Å². The Morgan fingerprint density at radius 3 is 2.26 bits per heavy atom. The normalized spacial score (nSPS) is 16.8. The van der Waals surface area contributed by atoms with Crippen molar-refractivity contribution in [3.8, 4) is 17.2 Å². The van der Waals surface area contributed by atoms with Crippen molar-refractivity contribution in [1.29, 1.82) is 0 Å². The number of nitrogens with zero attached hydrogens (tertiary/aromatic N) is 1. The third-order valence-corrected chi connectivity index (χ3v) is 6.82. The average molecular weight is 529 g/mol. The maximum absolute atomic E-state index is 12.9. The van der Waals surface area contributed by atoms with Crippen molar-refractivity contribution in [2.75, 3.05) is 25.1 Å². The molecule has 3 aromatic rings. The van der Waals surface area contributed by atoms with Crippen molar-refractivity contribution in [2.45, 2.75) is 45.1 Å². The van der Waals surface area contributed by atoms with E-state index in [2.05, 4.69) is 26.1 Å². The molecule has 8 heteroatoms. The van der Waals surface area contributed by atoms with Gasteiger partial charge in [0.2, 0.25) is 0 Å². The summed E-state index contributed by atoms with van der Waals surface area (Å²) in [7, 11) is 0. The molecule has 1 N–H and O–H groups in total. The van der Waals surface area contributed by atoms with Crippen LogP contribution in [0.3, 0.4) is 0 Å². The maximum Gasteiger partial charge on any atom is 0.262 e. The zero-order valence-corrected chi connectivity index (χ0v) is 22.4. The van der Waals surface area contributed by atoms with Gasteiger partial charge in [-0.05, 0) is 78.4 Å². The minimum Gasteiger partial charge on any atom is -0.484 e. The van der Waals surface area contributed by atoms with Crippen molar-refractivity contribution in [3.63, 3.8) is 0 Å². The second kappa shape index (κ2) is 10.9. The van der Waals surface area contributed by atoms with E-state index in [9.17, 15) is 14.4 Å². The lowest BCUT2D eigenvalue weighted by Gasteiger charge is -2.19. The highest BCUT2D eigenvalue weighted by molar-refractivity contribution is 6.21. The molecule has 2 aliphatic rings. The Hall–Kier alpha value is -4.17. The molecule has 0 spiro atoms. The zero-order chi connectivity index (χ0) is 27.6. The van der Waals surface area contributed by atoms with Gasteiger partial charge >= 0.3 is 0 Å². The minimum absolute atomic E-state index is 0.0500. The van der Waals surface area contributed by atoms with E-state index in [1.165, 1.54) is 10.5 Å². The number of carbonyl (C=O) groups excluding carboxylic acids is 3. The van der Waals surface area contributed by atoms with Gasteiger partial charge in [0, 0.05) is 12.3 Å². The van der Waals surface area contributed by atoms with E-state index in [4.69, 9.17) is 14.2 Å². The van der Waals surface area contributed by atoms with Gasteiger partial charge in [-0.2, -0.15) is 0 Å². The fourth-order valence-corrected chi connectivity index (χ4v) is 4.63. The van der Waals surface area contributed by atoms with Gasteiger partial charge in [0.15, 0.2) is 6.61 Å². The number of amides is 3. The number of fused-ring (bicyclic) bond motifs is 1. The monoisotopic (exact) mass is 528 g/mol. The van der Waals surface area contributed by atoms with E-state index in [1.807, 2.05) is 24.3 Å². The van der Waals surface area contributed by atoms with Crippen LogP contribution in [-0.4, -0.2) is 48.5 Å². The zero-order valence-electron chi connectivity index (χ0n) is 22.4. The number of hydrogen-bond donors (Lipinski definition) is 1. The molecule has 0 radical (unpaired) electrons. The molecule has 0 saturated carbocycles. The van der Waals surface area contributed by atoms with Crippen molar-refractivity contribution >= 4 is 23.4 Å². The molecule has 1 fully saturated rings. The van der Waals surface area contributed by atoms with E-state index in [0.29, 0.717) is 40.7 Å². The summed E-state index contributed by atoms with van der Waals surface area (Å²) in [6.45, 7) is 7.24. The van der Waals surface area contributed by atoms with Crippen molar-refractivity contribution < 1.29 is 28.6 Å². The molecule has 3 amide bonds. The van der Waals surface area contributed by atoms with Gasteiger partial charge in [-0.3, -0.25) is 19.3 Å². The van der Waals surface area contributed by atoms with E-state index >= 15 is 0 Å². The van der Waals surface area contributed by atoms with Crippen LogP contribution in [0.15, 0.2) is 66.7 Å². The molecule has 1 atom stereocenters. The topological polar surface area (TPSA) is 94.2 Å². The lowest BCUT2D eigenvalue weighted by molar-refractivity contribution is -0.118. The van der Waals surface area contributed by atoms with E-state index in [-0.39, 0.29) is 42.4 Å². The summed E-state index contributed by atoms with van der Waals surface area (Å²) in [6, 6.07) is 19.5. The number of anilines is 1. The first kappa shape index (κ1) is 26.4. The lowest BCUT2D eigenvalue weighted by Crippen LogP contribution is -2.36. The second-order valence-electron chi connectivity index (χ2n) is 10.8. The first-order valence-electron chi connectivity index (χ1n) is 13.1. The number of benzene rings is 3. The van der Waals surface area contributed by atoms with E-state index < -0.39 is 0 Å². The Morgan fingerprint density at radius 1 is 0.923 bits per heavy atom. The first-order chi connectivity index (χ1) is 18.7. The van der Waals surface area contributed by atoms with Crippen molar-refractivity contribution in [3.05, 3.63) is 83.4 Å². The van der Waals surface area contributed by atoms with Gasteiger partial charge in [-0.1, -0.05) is 32.9 Å². The van der Waals surface area contributed by atoms with Gasteiger partial charge in [-0.15, -0.1) is 0 Å². The minimum atomic E-state index is -0.332. The van der Waals surface area contributed by atoms with Crippen LogP contribution < -0.4 is 14.8 Å². The van der Waals surface area contributed by atoms with Crippen LogP contribution in [0.25, 0.3) is 0 Å². The van der Waals surface area contributed by atoms with Crippen molar-refractivity contribution in [2.24, 2.45) is 0 Å². The molecule has 2 heterocycles. The SMILES string of the molecule is CC(C)(C)c1ccc(OCC(=O)Nc2ccc(Oc3ccc4c(c3)C(=O)N(CC3CCCO3)C4=O)cc2)cc1. The van der Waals surface area contributed by atoms with Crippen molar-refractivity contribution in [1.82, 2.24) is 4.90 Å². The van der Waals surface area contributed by atoms with Gasteiger partial charge in [0.05, 0.1) is 23.8 Å². The van der Waals surface area contributed by atoms with Crippen LogP contribution in [0.4, 0.5) is 5.69 Å². The maximum atomic E-state index is 12.9. The average Bonchev–Trinajstić information content (AvgIpc) is 3.51. The lowest BCUT2D eigenvalue weighted by atomic mass is 9.87. The molecule has 1 unspecified atom stereocenters. The van der Waals surface area contributed by atoms with Gasteiger partial charge in [0.1, 0.15) is 17.2 Å². The second-order valence-corrected chi connectivity index (χ2v) is 10.8. The number of carbonyl (C=O) groups is 3. The fourth-order valence-electron chi connectivity index (χ4n) is 4.63. The predicted molar refractivity (Wildman–Crippen MR) is 147 cm³/mol. The van der Waals surface area contributed by atoms with Crippen LogP contribution >= 0.6 is 0 Å². The number of ether oxygens (including phenoxy) is 3. The molecular formula is C31H32N2O6. The molecule has 0 aliphatic carbocycles. The fraction of sp³-hybridized carbons (Fsp3) is 0.323. The van der Waals surface area contributed by atoms with Crippen LogP contribution in [-0.2, 0) is 14.9 Å². The highest BCUT2D eigenvalue weighted by atomic mass is 16.5. The predicted octanol–water partition coefficient (Wildman–Crippen LogP) is 5.57. The summed E-state index contributed by atoms with van der Waals surface area (Å²) in [5.41, 5.74) is 2.54. The third kappa shape index (κ3) is 6.12. The molecule has 202 valence electrons. The summed E-state index contributed by atoms with van der Waals surface area (Å²) < 4.78 is 17.1. The van der Waals surface area contributed by atoms with Crippen LogP contribution in [0.2, 0.25) is 0 Å². The van der Waals surface area contributed by atoms with Crippen LogP contribution in [0.1, 0.15) is 59.9 Å². The molecule has 8 nitrogen and oxygen atoms in total. The number of nitrogens with one attached hydrogen (secondary N) is 1. The summed E-state index contributed by atoms with van der Waals surface area (Å²) in [5.74, 6) is 0.682. The first-order valence-corrected chi connectivity index (χ1v) is 13.1. The van der Waals surface area contributed by atoms with Crippen LogP contribution in [0, 0.1) is 0 Å². The third-order valence-electron chi connectivity index (χ3n) is 6.82. The number of rotatable bonds is 8. The molecule has 39 heavy (non-hydrogen) atoms.